The number of hydrogen-bond donors (Lipinski definition) is 1. The molecule has 0 heterocycles. The van der Waals surface area contributed by atoms with Gasteiger partial charge in [0.15, 0.2) is 0 Å². The standard InChI is InChI=1S/C2H5NO2.Zn/c3-1-2(4)5;/h1,3H2,(H,4,5);/q;+2/p-1. The quantitative estimate of drug-likeness (QED) is 0.415. The van der Waals surface area contributed by atoms with E-state index in [0.29, 0.717) is 0 Å². The fourth-order valence-electron chi connectivity index (χ4n) is 0. The second kappa shape index (κ2) is 5.05. The van der Waals surface area contributed by atoms with Gasteiger partial charge in [-0.25, -0.2) is 0 Å². The Morgan fingerprint density at radius 2 is 2.00 bits per heavy atom. The normalized spacial score (nSPS) is 6.17. The van der Waals surface area contributed by atoms with Crippen molar-refractivity contribution in [3.05, 3.63) is 0 Å². The van der Waals surface area contributed by atoms with Gasteiger partial charge in [-0.2, -0.15) is 0 Å². The van der Waals surface area contributed by atoms with E-state index in [0.717, 1.165) is 0 Å². The molecule has 0 saturated carbocycles. The van der Waals surface area contributed by atoms with Gasteiger partial charge in [-0.3, -0.25) is 0 Å². The van der Waals surface area contributed by atoms with Gasteiger partial charge in [0.25, 0.3) is 0 Å². The molecule has 0 aliphatic heterocycles. The Balaban J connectivity index is 0. The van der Waals surface area contributed by atoms with Crippen molar-refractivity contribution >= 4 is 5.97 Å². The average Bonchev–Trinajstić information content (AvgIpc) is 1.38. The predicted octanol–water partition coefficient (Wildman–Crippen LogP) is -2.31. The molecule has 0 radical (unpaired) electrons. The van der Waals surface area contributed by atoms with Crippen molar-refractivity contribution in [1.29, 1.82) is 0 Å². The van der Waals surface area contributed by atoms with Crippen LogP contribution in [0, 0.1) is 0 Å². The molecule has 0 rings (SSSR count). The molecule has 0 aliphatic rings. The van der Waals surface area contributed by atoms with Crippen LogP contribution in [0.2, 0.25) is 0 Å². The van der Waals surface area contributed by atoms with Crippen molar-refractivity contribution in [3.63, 3.8) is 0 Å². The summed E-state index contributed by atoms with van der Waals surface area (Å²) in [5, 5.41) is 9.13. The minimum absolute atomic E-state index is 0. The molecule has 0 bridgehead atoms. The van der Waals surface area contributed by atoms with E-state index >= 15 is 0 Å². The number of carboxylic acids is 1. The van der Waals surface area contributed by atoms with E-state index in [1.807, 2.05) is 0 Å². The van der Waals surface area contributed by atoms with Gasteiger partial charge >= 0.3 is 19.5 Å². The summed E-state index contributed by atoms with van der Waals surface area (Å²) in [6, 6.07) is 0. The number of carbonyl (C=O) groups excluding carboxylic acids is 1. The summed E-state index contributed by atoms with van der Waals surface area (Å²) < 4.78 is 0. The molecule has 0 unspecified atom stereocenters. The minimum Gasteiger partial charge on any atom is -0.549 e. The van der Waals surface area contributed by atoms with Crippen molar-refractivity contribution in [2.75, 3.05) is 6.54 Å². The van der Waals surface area contributed by atoms with Crippen LogP contribution in [0.3, 0.4) is 0 Å². The first-order valence-corrected chi connectivity index (χ1v) is 1.17. The molecule has 0 aromatic heterocycles. The molecular formula is C2H4NO2Zn+. The third-order valence-corrected chi connectivity index (χ3v) is 0.167. The van der Waals surface area contributed by atoms with Crippen LogP contribution < -0.4 is 10.8 Å². The maximum atomic E-state index is 9.13. The van der Waals surface area contributed by atoms with Crippen LogP contribution in [0.15, 0.2) is 0 Å². The second-order valence-electron chi connectivity index (χ2n) is 0.576. The van der Waals surface area contributed by atoms with Crippen LogP contribution in [-0.2, 0) is 24.3 Å². The second-order valence-corrected chi connectivity index (χ2v) is 0.576. The molecular weight excluding hydrogens is 135 g/mol. The van der Waals surface area contributed by atoms with E-state index in [1.54, 1.807) is 0 Å². The number of carboxylic acid groups (broad SMARTS) is 1. The molecule has 6 heavy (non-hydrogen) atoms. The average molecular weight is 139 g/mol. The van der Waals surface area contributed by atoms with Gasteiger partial charge < -0.3 is 15.6 Å². The third-order valence-electron chi connectivity index (χ3n) is 0.167. The smallest absolute Gasteiger partial charge is 0.549 e. The van der Waals surface area contributed by atoms with Crippen LogP contribution in [0.1, 0.15) is 0 Å². The predicted molar refractivity (Wildman–Crippen MR) is 14.1 cm³/mol. The van der Waals surface area contributed by atoms with E-state index in [9.17, 15) is 0 Å². The summed E-state index contributed by atoms with van der Waals surface area (Å²) in [5.74, 6) is -1.22. The molecule has 30 valence electrons. The molecule has 0 aromatic rings. The van der Waals surface area contributed by atoms with Crippen molar-refractivity contribution in [2.45, 2.75) is 0 Å². The summed E-state index contributed by atoms with van der Waals surface area (Å²) in [7, 11) is 0. The van der Waals surface area contributed by atoms with Gasteiger partial charge in [0.1, 0.15) is 0 Å². The Bertz CT molecular complexity index is 46.8. The molecule has 0 aliphatic carbocycles. The van der Waals surface area contributed by atoms with Gasteiger partial charge in [-0.1, -0.05) is 0 Å². The first kappa shape index (κ1) is 9.41. The fraction of sp³-hybridized carbons (Fsp3) is 0.500. The van der Waals surface area contributed by atoms with Crippen molar-refractivity contribution in [2.24, 2.45) is 5.73 Å². The Hall–Kier alpha value is 0.0534. The minimum atomic E-state index is -1.22. The number of rotatable bonds is 1. The number of aliphatic carboxylic acids is 1. The zero-order valence-corrected chi connectivity index (χ0v) is 6.28. The first-order valence-electron chi connectivity index (χ1n) is 1.17. The van der Waals surface area contributed by atoms with Crippen LogP contribution >= 0.6 is 0 Å². The molecule has 0 aromatic carbocycles. The topological polar surface area (TPSA) is 66.2 Å². The molecule has 3 nitrogen and oxygen atoms in total. The summed E-state index contributed by atoms with van der Waals surface area (Å²) in [6.07, 6.45) is 0. The maximum Gasteiger partial charge on any atom is 2.00 e. The summed E-state index contributed by atoms with van der Waals surface area (Å²) in [6.45, 7) is -0.389. The van der Waals surface area contributed by atoms with E-state index < -0.39 is 5.97 Å². The fourth-order valence-corrected chi connectivity index (χ4v) is 0. The Morgan fingerprint density at radius 1 is 1.83 bits per heavy atom. The Kier molecular flexibility index (Phi) is 7.92. The molecule has 0 fully saturated rings. The number of hydrogen-bond acceptors (Lipinski definition) is 3. The van der Waals surface area contributed by atoms with Gasteiger partial charge in [-0.05, 0) is 0 Å². The molecule has 0 saturated heterocycles. The van der Waals surface area contributed by atoms with Gasteiger partial charge in [-0.15, -0.1) is 0 Å². The monoisotopic (exact) mass is 138 g/mol. The van der Waals surface area contributed by atoms with E-state index in [1.165, 1.54) is 0 Å². The van der Waals surface area contributed by atoms with E-state index in [4.69, 9.17) is 9.90 Å². The maximum absolute atomic E-state index is 9.13. The molecule has 0 atom stereocenters. The van der Waals surface area contributed by atoms with E-state index in [2.05, 4.69) is 5.73 Å². The van der Waals surface area contributed by atoms with Gasteiger partial charge in [0, 0.05) is 6.54 Å². The van der Waals surface area contributed by atoms with Crippen LogP contribution in [0.4, 0.5) is 0 Å². The zero-order valence-electron chi connectivity index (χ0n) is 3.31. The van der Waals surface area contributed by atoms with Crippen LogP contribution in [0.25, 0.3) is 0 Å². The number of carbonyl (C=O) groups is 1. The van der Waals surface area contributed by atoms with Crippen LogP contribution in [-0.4, -0.2) is 12.5 Å². The van der Waals surface area contributed by atoms with Gasteiger partial charge in [0.2, 0.25) is 0 Å². The van der Waals surface area contributed by atoms with Gasteiger partial charge in [0.05, 0.1) is 5.97 Å². The SMILES string of the molecule is NCC(=O)[O-].[Zn+2]. The molecule has 0 spiro atoms. The molecule has 0 amide bonds. The largest absolute Gasteiger partial charge is 2.00 e. The van der Waals surface area contributed by atoms with Crippen LogP contribution in [0.5, 0.6) is 0 Å². The molecule has 2 N–H and O–H groups in total. The summed E-state index contributed by atoms with van der Waals surface area (Å²) in [4.78, 5) is 9.13. The Morgan fingerprint density at radius 3 is 2.00 bits per heavy atom. The third kappa shape index (κ3) is 8.96. The Labute approximate surface area is 48.3 Å². The van der Waals surface area contributed by atoms with E-state index in [-0.39, 0.29) is 26.0 Å². The summed E-state index contributed by atoms with van der Waals surface area (Å²) in [5.41, 5.74) is 4.51. The van der Waals surface area contributed by atoms with Crippen molar-refractivity contribution in [1.82, 2.24) is 0 Å². The number of nitrogens with two attached hydrogens (primary N) is 1. The van der Waals surface area contributed by atoms with Crippen molar-refractivity contribution < 1.29 is 29.4 Å². The first-order chi connectivity index (χ1) is 2.27. The zero-order chi connectivity index (χ0) is 4.28. The summed E-state index contributed by atoms with van der Waals surface area (Å²) >= 11 is 0. The van der Waals surface area contributed by atoms with Crippen molar-refractivity contribution in [3.8, 4) is 0 Å². The molecule has 4 heteroatoms.